The Morgan fingerprint density at radius 3 is 1.34 bits per heavy atom. The normalized spacial score (nSPS) is 12.8. The molecule has 0 spiro atoms. The molecule has 4 nitrogen and oxygen atoms in total. The molecule has 79 heavy (non-hydrogen) atoms. The van der Waals surface area contributed by atoms with Crippen LogP contribution in [-0.4, -0.2) is 19.1 Å². The molecule has 4 heteroatoms. The number of nitrogens with zero attached hydrogens (tertiary/aromatic N) is 4. The number of para-hydroxylation sites is 1. The van der Waals surface area contributed by atoms with Crippen LogP contribution in [-0.2, 0) is 5.41 Å². The summed E-state index contributed by atoms with van der Waals surface area (Å²) >= 11 is 0. The summed E-state index contributed by atoms with van der Waals surface area (Å²) in [5, 5.41) is 8.22. The average Bonchev–Trinajstić information content (AvgIpc) is 4.32. The Morgan fingerprint density at radius 1 is 0.304 bits per heavy atom. The van der Waals surface area contributed by atoms with Crippen molar-refractivity contribution in [2.45, 2.75) is 19.3 Å². The lowest BCUT2D eigenvalue weighted by Crippen LogP contribution is -2.15. The highest BCUT2D eigenvalue weighted by Gasteiger charge is 2.35. The van der Waals surface area contributed by atoms with Gasteiger partial charge in [0.2, 0.25) is 0 Å². The van der Waals surface area contributed by atoms with Crippen molar-refractivity contribution in [3.63, 3.8) is 0 Å². The van der Waals surface area contributed by atoms with Crippen LogP contribution in [0.25, 0.3) is 144 Å². The number of benzene rings is 12. The summed E-state index contributed by atoms with van der Waals surface area (Å²) in [5.41, 5.74) is 23.0. The van der Waals surface area contributed by atoms with Crippen LogP contribution in [0.4, 0.5) is 0 Å². The lowest BCUT2D eigenvalue weighted by molar-refractivity contribution is 0.660. The van der Waals surface area contributed by atoms with Gasteiger partial charge in [0, 0.05) is 54.8 Å². The lowest BCUT2D eigenvalue weighted by atomic mass is 9.82. The van der Waals surface area contributed by atoms with Gasteiger partial charge in [0.15, 0.2) is 5.82 Å². The van der Waals surface area contributed by atoms with E-state index in [2.05, 4.69) is 290 Å². The van der Waals surface area contributed by atoms with E-state index < -0.39 is 0 Å². The fourth-order valence-electron chi connectivity index (χ4n) is 13.0. The second-order valence-electron chi connectivity index (χ2n) is 21.7. The monoisotopic (exact) mass is 1010 g/mol. The van der Waals surface area contributed by atoms with Crippen molar-refractivity contribution in [1.82, 2.24) is 19.1 Å². The molecule has 0 atom stereocenters. The fourth-order valence-corrected chi connectivity index (χ4v) is 13.0. The Morgan fingerprint density at radius 2 is 0.759 bits per heavy atom. The zero-order valence-electron chi connectivity index (χ0n) is 43.7. The Hall–Kier alpha value is -10.2. The maximum Gasteiger partial charge on any atom is 0.160 e. The minimum atomic E-state index is -0.140. The number of fused-ring (bicyclic) bond motifs is 12. The van der Waals surface area contributed by atoms with Gasteiger partial charge in [-0.1, -0.05) is 196 Å². The van der Waals surface area contributed by atoms with Crippen molar-refractivity contribution < 1.29 is 0 Å². The SMILES string of the molecule is CC1(C)c2ccccc2-c2ccc(-c3nc(-c4ccc(-n5c6ccc(-c7ccccc7)cc6c6cc(-c7ccc8c(c7)c7cc(-c9ccccc9)ccc7n8-c7ccccc7)ccc65)cc4)c4c(ccc5ccccc54)n3)cc21. The first-order valence-electron chi connectivity index (χ1n) is 27.3. The molecule has 1 aliphatic rings. The van der Waals surface area contributed by atoms with Crippen molar-refractivity contribution in [3.05, 3.63) is 278 Å². The van der Waals surface area contributed by atoms with Gasteiger partial charge in [-0.3, -0.25) is 0 Å². The summed E-state index contributed by atoms with van der Waals surface area (Å²) in [5.74, 6) is 0.724. The second kappa shape index (κ2) is 17.4. The quantitative estimate of drug-likeness (QED) is 0.149. The van der Waals surface area contributed by atoms with Gasteiger partial charge in [0.1, 0.15) is 0 Å². The van der Waals surface area contributed by atoms with E-state index in [1.807, 2.05) is 0 Å². The highest BCUT2D eigenvalue weighted by Crippen LogP contribution is 2.50. The molecule has 15 aromatic rings. The third-order valence-corrected chi connectivity index (χ3v) is 16.9. The van der Waals surface area contributed by atoms with E-state index in [1.165, 1.54) is 88.2 Å². The smallest absolute Gasteiger partial charge is 0.160 e. The van der Waals surface area contributed by atoms with Crippen LogP contribution in [0.1, 0.15) is 25.0 Å². The molecule has 16 rings (SSSR count). The topological polar surface area (TPSA) is 35.6 Å². The summed E-state index contributed by atoms with van der Waals surface area (Å²) in [4.78, 5) is 10.9. The minimum absolute atomic E-state index is 0.140. The van der Waals surface area contributed by atoms with Gasteiger partial charge in [-0.25, -0.2) is 9.97 Å². The second-order valence-corrected chi connectivity index (χ2v) is 21.7. The van der Waals surface area contributed by atoms with Crippen LogP contribution in [0.15, 0.2) is 267 Å². The largest absolute Gasteiger partial charge is 0.309 e. The van der Waals surface area contributed by atoms with Crippen LogP contribution in [0, 0.1) is 0 Å². The van der Waals surface area contributed by atoms with Crippen molar-refractivity contribution in [3.8, 4) is 78.5 Å². The summed E-state index contributed by atoms with van der Waals surface area (Å²) in [7, 11) is 0. The van der Waals surface area contributed by atoms with Gasteiger partial charge in [-0.2, -0.15) is 0 Å². The predicted molar refractivity (Wildman–Crippen MR) is 330 cm³/mol. The molecule has 3 aromatic heterocycles. The highest BCUT2D eigenvalue weighted by atomic mass is 15.0. The third kappa shape index (κ3) is 7.08. The van der Waals surface area contributed by atoms with E-state index in [1.54, 1.807) is 0 Å². The van der Waals surface area contributed by atoms with Crippen LogP contribution in [0.2, 0.25) is 0 Å². The molecule has 12 aromatic carbocycles. The molecule has 0 fully saturated rings. The van der Waals surface area contributed by atoms with Crippen molar-refractivity contribution in [1.29, 1.82) is 0 Å². The molecule has 0 saturated carbocycles. The van der Waals surface area contributed by atoms with E-state index in [-0.39, 0.29) is 5.41 Å². The molecular weight excluding hydrogens is 957 g/mol. The van der Waals surface area contributed by atoms with Crippen LogP contribution < -0.4 is 0 Å². The van der Waals surface area contributed by atoms with Crippen LogP contribution in [0.3, 0.4) is 0 Å². The molecule has 0 N–H and O–H groups in total. The Balaban J connectivity index is 0.849. The molecule has 0 aliphatic heterocycles. The summed E-state index contributed by atoms with van der Waals surface area (Å²) in [6.45, 7) is 4.66. The zero-order chi connectivity index (χ0) is 52.3. The Labute approximate surface area is 457 Å². The summed E-state index contributed by atoms with van der Waals surface area (Å²) < 4.78 is 4.83. The van der Waals surface area contributed by atoms with Gasteiger partial charge in [-0.05, 0) is 151 Å². The Kier molecular flexibility index (Phi) is 9.95. The van der Waals surface area contributed by atoms with Gasteiger partial charge in [0.25, 0.3) is 0 Å². The summed E-state index contributed by atoms with van der Waals surface area (Å²) in [6, 6.07) is 97.6. The maximum absolute atomic E-state index is 5.53. The highest BCUT2D eigenvalue weighted by molar-refractivity contribution is 6.15. The molecule has 0 amide bonds. The molecule has 370 valence electrons. The average molecular weight is 1010 g/mol. The standard InChI is InChI=1S/C75H50N4/c1-75(2)65-25-15-14-24-59(65)60-36-28-55(46-66(60)75)74-76-67-37-29-49-20-12-13-23-58(49)72(67)73(77-74)50-26-34-57(35-27-50)79-70-39-31-52(48-18-8-4-9-19-48)43-62(70)64-45-54(33-41-71(64)79)53-32-40-69-63(44-53)61-42-51(47-16-6-3-7-17-47)30-38-68(61)78(69)56-21-10-5-11-22-56/h3-46H,1-2H3. The molecule has 0 radical (unpaired) electrons. The lowest BCUT2D eigenvalue weighted by Gasteiger charge is -2.22. The van der Waals surface area contributed by atoms with E-state index >= 15 is 0 Å². The predicted octanol–water partition coefficient (Wildman–Crippen LogP) is 19.6. The molecule has 1 aliphatic carbocycles. The van der Waals surface area contributed by atoms with E-state index in [0.717, 1.165) is 66.7 Å². The first-order chi connectivity index (χ1) is 38.9. The van der Waals surface area contributed by atoms with Crippen molar-refractivity contribution in [2.24, 2.45) is 0 Å². The van der Waals surface area contributed by atoms with Gasteiger partial charge < -0.3 is 9.13 Å². The molecule has 0 saturated heterocycles. The van der Waals surface area contributed by atoms with Crippen molar-refractivity contribution >= 4 is 65.3 Å². The fraction of sp³-hybridized carbons (Fsp3) is 0.0400. The number of hydrogen-bond donors (Lipinski definition) is 0. The Bertz CT molecular complexity index is 4950. The molecular formula is C75H50N4. The number of hydrogen-bond acceptors (Lipinski definition) is 2. The van der Waals surface area contributed by atoms with Crippen LogP contribution in [0.5, 0.6) is 0 Å². The van der Waals surface area contributed by atoms with Gasteiger partial charge >= 0.3 is 0 Å². The zero-order valence-corrected chi connectivity index (χ0v) is 43.7. The molecule has 0 bridgehead atoms. The first-order valence-corrected chi connectivity index (χ1v) is 27.3. The maximum atomic E-state index is 5.53. The van der Waals surface area contributed by atoms with Crippen LogP contribution >= 0.6 is 0 Å². The number of rotatable bonds is 7. The summed E-state index contributed by atoms with van der Waals surface area (Å²) in [6.07, 6.45) is 0. The van der Waals surface area contributed by atoms with Gasteiger partial charge in [0.05, 0.1) is 33.3 Å². The van der Waals surface area contributed by atoms with E-state index in [9.17, 15) is 0 Å². The minimum Gasteiger partial charge on any atom is -0.309 e. The number of aromatic nitrogens is 4. The first kappa shape index (κ1) is 45.1. The molecule has 3 heterocycles. The van der Waals surface area contributed by atoms with Crippen molar-refractivity contribution in [2.75, 3.05) is 0 Å². The van der Waals surface area contributed by atoms with Gasteiger partial charge in [-0.15, -0.1) is 0 Å². The third-order valence-electron chi connectivity index (χ3n) is 16.9. The van der Waals surface area contributed by atoms with E-state index in [4.69, 9.17) is 9.97 Å². The molecule has 0 unspecified atom stereocenters. The van der Waals surface area contributed by atoms with E-state index in [0.29, 0.717) is 0 Å².